The molecule has 2 aromatic rings. The van der Waals surface area contributed by atoms with E-state index in [1.54, 1.807) is 26.3 Å². The Morgan fingerprint density at radius 2 is 2.26 bits per heavy atom. The van der Waals surface area contributed by atoms with Gasteiger partial charge in [-0.2, -0.15) is 0 Å². The van der Waals surface area contributed by atoms with Gasteiger partial charge in [0.2, 0.25) is 0 Å². The van der Waals surface area contributed by atoms with Gasteiger partial charge in [-0.1, -0.05) is 6.07 Å². The lowest BCUT2D eigenvalue weighted by atomic mass is 10.2. The van der Waals surface area contributed by atoms with Crippen molar-refractivity contribution < 1.29 is 13.9 Å². The highest BCUT2D eigenvalue weighted by Gasteiger charge is 2.21. The number of thiophene rings is 1. The highest BCUT2D eigenvalue weighted by molar-refractivity contribution is 7.21. The molecule has 102 valence electrons. The summed E-state index contributed by atoms with van der Waals surface area (Å²) in [6, 6.07) is 4.70. The number of nitrogen functional groups attached to an aromatic ring is 1. The summed E-state index contributed by atoms with van der Waals surface area (Å²) >= 11 is 1.21. The molecule has 0 aliphatic heterocycles. The highest BCUT2D eigenvalue weighted by atomic mass is 32.1. The van der Waals surface area contributed by atoms with Crippen LogP contribution >= 0.6 is 11.3 Å². The maximum Gasteiger partial charge on any atom is 0.265 e. The number of methoxy groups -OCH3 is 1. The molecule has 2 N–H and O–H groups in total. The fourth-order valence-electron chi connectivity index (χ4n) is 1.79. The van der Waals surface area contributed by atoms with Crippen molar-refractivity contribution in [2.24, 2.45) is 0 Å². The lowest BCUT2D eigenvalue weighted by Crippen LogP contribution is -2.29. The maximum absolute atomic E-state index is 13.7. The van der Waals surface area contributed by atoms with Gasteiger partial charge in [0.1, 0.15) is 10.7 Å². The number of fused-ring (bicyclic) bond motifs is 1. The van der Waals surface area contributed by atoms with Crippen LogP contribution in [0.2, 0.25) is 0 Å². The van der Waals surface area contributed by atoms with E-state index in [1.807, 2.05) is 0 Å². The maximum atomic E-state index is 13.7. The van der Waals surface area contributed by atoms with Crippen molar-refractivity contribution in [3.8, 4) is 0 Å². The van der Waals surface area contributed by atoms with Gasteiger partial charge >= 0.3 is 0 Å². The van der Waals surface area contributed by atoms with Crippen molar-refractivity contribution >= 4 is 33.0 Å². The number of likely N-dealkylation sites (N-methyl/N-ethyl adjacent to an activating group) is 1. The van der Waals surface area contributed by atoms with E-state index >= 15 is 0 Å². The number of carbonyl (C=O) groups excluding carboxylic acids is 1. The zero-order valence-corrected chi connectivity index (χ0v) is 11.6. The average Bonchev–Trinajstić information content (AvgIpc) is 2.73. The molecule has 1 amide bonds. The summed E-state index contributed by atoms with van der Waals surface area (Å²) in [6.07, 6.45) is 0. The molecule has 19 heavy (non-hydrogen) atoms. The van der Waals surface area contributed by atoms with Gasteiger partial charge in [-0.25, -0.2) is 4.39 Å². The molecule has 0 spiro atoms. The van der Waals surface area contributed by atoms with E-state index < -0.39 is 5.82 Å². The van der Waals surface area contributed by atoms with E-state index in [4.69, 9.17) is 10.5 Å². The van der Waals surface area contributed by atoms with Crippen LogP contribution in [0.5, 0.6) is 0 Å². The first-order chi connectivity index (χ1) is 9.06. The Kier molecular flexibility index (Phi) is 4.01. The molecule has 4 nitrogen and oxygen atoms in total. The van der Waals surface area contributed by atoms with Gasteiger partial charge in [0.25, 0.3) is 5.91 Å². The molecule has 2 rings (SSSR count). The molecule has 0 radical (unpaired) electrons. The Balaban J connectivity index is 2.38. The van der Waals surface area contributed by atoms with E-state index in [0.29, 0.717) is 28.1 Å². The van der Waals surface area contributed by atoms with Crippen LogP contribution in [0, 0.1) is 5.82 Å². The van der Waals surface area contributed by atoms with Crippen molar-refractivity contribution in [2.45, 2.75) is 0 Å². The lowest BCUT2D eigenvalue weighted by Gasteiger charge is -2.15. The van der Waals surface area contributed by atoms with Crippen LogP contribution in [0.15, 0.2) is 18.2 Å². The third-order valence-corrected chi connectivity index (χ3v) is 4.03. The zero-order chi connectivity index (χ0) is 14.0. The molecule has 1 aromatic heterocycles. The van der Waals surface area contributed by atoms with Crippen LogP contribution in [0.3, 0.4) is 0 Å². The van der Waals surface area contributed by atoms with Crippen molar-refractivity contribution in [1.29, 1.82) is 0 Å². The molecule has 0 saturated heterocycles. The normalized spacial score (nSPS) is 10.9. The molecule has 0 saturated carbocycles. The number of amides is 1. The van der Waals surface area contributed by atoms with Gasteiger partial charge in [0, 0.05) is 25.4 Å². The predicted octanol–water partition coefficient (Wildman–Crippen LogP) is 2.34. The van der Waals surface area contributed by atoms with Crippen LogP contribution in [-0.2, 0) is 4.74 Å². The second-order valence-corrected chi connectivity index (χ2v) is 5.23. The van der Waals surface area contributed by atoms with E-state index in [-0.39, 0.29) is 11.6 Å². The van der Waals surface area contributed by atoms with E-state index in [9.17, 15) is 9.18 Å². The van der Waals surface area contributed by atoms with E-state index in [2.05, 4.69) is 0 Å². The van der Waals surface area contributed by atoms with Gasteiger partial charge in [0.15, 0.2) is 0 Å². The Morgan fingerprint density at radius 1 is 1.53 bits per heavy atom. The number of hydrogen-bond acceptors (Lipinski definition) is 4. The largest absolute Gasteiger partial charge is 0.397 e. The quantitative estimate of drug-likeness (QED) is 0.936. The summed E-state index contributed by atoms with van der Waals surface area (Å²) in [7, 11) is 3.24. The lowest BCUT2D eigenvalue weighted by molar-refractivity contribution is 0.0750. The first kappa shape index (κ1) is 13.8. The molecule has 0 aliphatic rings. The number of benzene rings is 1. The number of nitrogens with two attached hydrogens (primary N) is 1. The Labute approximate surface area is 114 Å². The monoisotopic (exact) mass is 282 g/mol. The number of halogens is 1. The van der Waals surface area contributed by atoms with E-state index in [0.717, 1.165) is 0 Å². The fourth-order valence-corrected chi connectivity index (χ4v) is 2.92. The fraction of sp³-hybridized carbons (Fsp3) is 0.308. The molecular formula is C13H15FN2O2S. The van der Waals surface area contributed by atoms with Crippen LogP contribution in [0.25, 0.3) is 10.1 Å². The molecule has 6 heteroatoms. The van der Waals surface area contributed by atoms with Crippen molar-refractivity contribution in [3.05, 3.63) is 28.9 Å². The Hall–Kier alpha value is -1.66. The second kappa shape index (κ2) is 5.54. The van der Waals surface area contributed by atoms with Crippen molar-refractivity contribution in [3.63, 3.8) is 0 Å². The third-order valence-electron chi connectivity index (χ3n) is 2.87. The number of nitrogens with zero attached hydrogens (tertiary/aromatic N) is 1. The van der Waals surface area contributed by atoms with Crippen molar-refractivity contribution in [1.82, 2.24) is 4.90 Å². The third kappa shape index (κ3) is 2.54. The highest BCUT2D eigenvalue weighted by Crippen LogP contribution is 2.35. The first-order valence-corrected chi connectivity index (χ1v) is 6.58. The number of carbonyl (C=O) groups is 1. The zero-order valence-electron chi connectivity index (χ0n) is 10.8. The van der Waals surface area contributed by atoms with Crippen LogP contribution < -0.4 is 5.73 Å². The molecule has 0 bridgehead atoms. The molecule has 0 aliphatic carbocycles. The topological polar surface area (TPSA) is 55.6 Å². The smallest absolute Gasteiger partial charge is 0.265 e. The molecule has 1 heterocycles. The average molecular weight is 282 g/mol. The number of anilines is 1. The summed E-state index contributed by atoms with van der Waals surface area (Å²) in [6.45, 7) is 0.910. The molecule has 0 fully saturated rings. The minimum Gasteiger partial charge on any atom is -0.397 e. The van der Waals surface area contributed by atoms with Gasteiger partial charge in [-0.15, -0.1) is 11.3 Å². The predicted molar refractivity (Wildman–Crippen MR) is 75.0 cm³/mol. The molecule has 0 atom stereocenters. The summed E-state index contributed by atoms with van der Waals surface area (Å²) in [5, 5.41) is 0.330. The Morgan fingerprint density at radius 3 is 2.89 bits per heavy atom. The van der Waals surface area contributed by atoms with Gasteiger partial charge < -0.3 is 15.4 Å². The number of hydrogen-bond donors (Lipinski definition) is 1. The molecule has 0 unspecified atom stereocenters. The standard InChI is InChI=1S/C13H15FN2O2S/c1-16(6-7-18-2)13(17)12-11(15)10-8(14)4-3-5-9(10)19-12/h3-5H,6-7,15H2,1-2H3. The van der Waals surface area contributed by atoms with Crippen LogP contribution in [0.4, 0.5) is 10.1 Å². The summed E-state index contributed by atoms with van der Waals surface area (Å²) in [5.74, 6) is -0.611. The van der Waals surface area contributed by atoms with Crippen molar-refractivity contribution in [2.75, 3.05) is 33.0 Å². The Bertz CT molecular complexity index is 612. The summed E-state index contributed by atoms with van der Waals surface area (Å²) < 4.78 is 19.3. The SMILES string of the molecule is COCCN(C)C(=O)c1sc2cccc(F)c2c1N. The van der Waals surface area contributed by atoms with Gasteiger partial charge in [-0.05, 0) is 12.1 Å². The number of ether oxygens (including phenoxy) is 1. The summed E-state index contributed by atoms with van der Waals surface area (Å²) in [4.78, 5) is 14.1. The minimum absolute atomic E-state index is 0.213. The van der Waals surface area contributed by atoms with E-state index in [1.165, 1.54) is 22.3 Å². The van der Waals surface area contributed by atoms with Crippen LogP contribution in [0.1, 0.15) is 9.67 Å². The first-order valence-electron chi connectivity index (χ1n) is 5.77. The molecule has 1 aromatic carbocycles. The van der Waals surface area contributed by atoms with Crippen LogP contribution in [-0.4, -0.2) is 38.1 Å². The summed E-state index contributed by atoms with van der Waals surface area (Å²) in [5.41, 5.74) is 6.11. The molecular weight excluding hydrogens is 267 g/mol. The minimum atomic E-state index is -0.398. The number of rotatable bonds is 4. The van der Waals surface area contributed by atoms with Gasteiger partial charge in [-0.3, -0.25) is 4.79 Å². The second-order valence-electron chi connectivity index (χ2n) is 4.18. The van der Waals surface area contributed by atoms with Gasteiger partial charge in [0.05, 0.1) is 17.7 Å².